The summed E-state index contributed by atoms with van der Waals surface area (Å²) in [6, 6.07) is 7.88. The number of fused-ring (bicyclic) bond motifs is 1. The molecule has 10 heteroatoms. The van der Waals surface area contributed by atoms with Crippen molar-refractivity contribution < 1.29 is 22.7 Å². The van der Waals surface area contributed by atoms with Crippen LogP contribution in [0.3, 0.4) is 0 Å². The molecule has 1 N–H and O–H groups in total. The van der Waals surface area contributed by atoms with E-state index in [0.29, 0.717) is 23.4 Å². The zero-order valence-electron chi connectivity index (χ0n) is 18.6. The quantitative estimate of drug-likeness (QED) is 0.445. The second-order valence-corrected chi connectivity index (χ2v) is 11.9. The molecule has 2 heterocycles. The maximum atomic E-state index is 12.9. The van der Waals surface area contributed by atoms with Gasteiger partial charge in [-0.3, -0.25) is 4.79 Å². The molecule has 0 saturated heterocycles. The molecular weight excluding hydrogens is 468 g/mol. The molecule has 1 aromatic carbocycles. The van der Waals surface area contributed by atoms with Gasteiger partial charge in [-0.2, -0.15) is 0 Å². The Hall–Kier alpha value is -1.88. The predicted octanol–water partition coefficient (Wildman–Crippen LogP) is 3.32. The molecule has 0 fully saturated rings. The molecule has 0 unspecified atom stereocenters. The first kappa shape index (κ1) is 24.8. The molecule has 1 aliphatic heterocycles. The van der Waals surface area contributed by atoms with Gasteiger partial charge < -0.3 is 9.64 Å². The third-order valence-electron chi connectivity index (χ3n) is 5.21. The number of esters is 1. The molecule has 0 atom stereocenters. The van der Waals surface area contributed by atoms with Gasteiger partial charge in [-0.1, -0.05) is 26.0 Å². The van der Waals surface area contributed by atoms with E-state index in [1.165, 1.54) is 7.11 Å². The van der Waals surface area contributed by atoms with E-state index in [-0.39, 0.29) is 41.1 Å². The number of hydrogen-bond acceptors (Lipinski definition) is 7. The predicted molar refractivity (Wildman–Crippen MR) is 127 cm³/mol. The van der Waals surface area contributed by atoms with Crippen LogP contribution >= 0.6 is 23.1 Å². The summed E-state index contributed by atoms with van der Waals surface area (Å²) in [7, 11) is -2.62. The van der Waals surface area contributed by atoms with E-state index < -0.39 is 16.0 Å². The summed E-state index contributed by atoms with van der Waals surface area (Å²) in [6.45, 7) is 4.79. The molecule has 0 bridgehead atoms. The number of carbonyl (C=O) groups is 2. The molecule has 0 saturated carbocycles. The minimum atomic E-state index is -3.87. The van der Waals surface area contributed by atoms with Crippen molar-refractivity contribution in [3.8, 4) is 0 Å². The van der Waals surface area contributed by atoms with Crippen molar-refractivity contribution in [1.82, 2.24) is 9.62 Å². The van der Waals surface area contributed by atoms with Gasteiger partial charge in [0.05, 0.1) is 25.6 Å². The number of thioether (sulfide) groups is 1. The van der Waals surface area contributed by atoms with Crippen molar-refractivity contribution in [3.63, 3.8) is 0 Å². The molecule has 1 aliphatic rings. The van der Waals surface area contributed by atoms with Crippen LogP contribution in [0, 0.1) is 5.92 Å². The summed E-state index contributed by atoms with van der Waals surface area (Å²) in [5, 5.41) is 0. The van der Waals surface area contributed by atoms with Crippen LogP contribution in [-0.4, -0.2) is 51.6 Å². The largest absolute Gasteiger partial charge is 0.465 e. The van der Waals surface area contributed by atoms with Gasteiger partial charge in [-0.25, -0.2) is 17.9 Å². The smallest absolute Gasteiger partial charge is 0.340 e. The number of sulfonamides is 1. The lowest BCUT2D eigenvalue weighted by Gasteiger charge is -2.27. The van der Waals surface area contributed by atoms with Crippen LogP contribution in [0.25, 0.3) is 0 Å². The number of amides is 1. The van der Waals surface area contributed by atoms with Crippen molar-refractivity contribution in [2.45, 2.75) is 42.3 Å². The van der Waals surface area contributed by atoms with E-state index in [1.54, 1.807) is 16.7 Å². The summed E-state index contributed by atoms with van der Waals surface area (Å²) in [4.78, 5) is 28.9. The Morgan fingerprint density at radius 3 is 2.53 bits per heavy atom. The van der Waals surface area contributed by atoms with Crippen LogP contribution in [-0.2, 0) is 38.9 Å². The SMILES string of the molecule is COC(=O)c1c(S(=O)(=O)NCC(C)C)sc2c1CCN(C(=O)Cc1ccc(SC)cc1)C2. The number of benzene rings is 1. The summed E-state index contributed by atoms with van der Waals surface area (Å²) >= 11 is 2.69. The number of ether oxygens (including phenoxy) is 1. The van der Waals surface area contributed by atoms with Gasteiger partial charge in [0.2, 0.25) is 5.91 Å². The number of methoxy groups -OCH3 is 1. The van der Waals surface area contributed by atoms with Gasteiger partial charge in [0.1, 0.15) is 4.21 Å². The standard InChI is InChI=1S/C22H28N2O5S3/c1-14(2)12-23-32(27,28)22-20(21(26)29-3)17-9-10-24(13-18(17)31-22)19(25)11-15-5-7-16(30-4)8-6-15/h5-8,14,23H,9-13H2,1-4H3. The Balaban J connectivity index is 1.84. The zero-order chi connectivity index (χ0) is 23.5. The maximum Gasteiger partial charge on any atom is 0.340 e. The average Bonchev–Trinajstić information content (AvgIpc) is 3.17. The number of nitrogens with one attached hydrogen (secondary N) is 1. The van der Waals surface area contributed by atoms with Gasteiger partial charge in [0, 0.05) is 22.9 Å². The first-order chi connectivity index (χ1) is 15.2. The topological polar surface area (TPSA) is 92.8 Å². The Bertz CT molecular complexity index is 1090. The van der Waals surface area contributed by atoms with Crippen LogP contribution in [0.4, 0.5) is 0 Å². The summed E-state index contributed by atoms with van der Waals surface area (Å²) < 4.78 is 33.3. The molecule has 7 nitrogen and oxygen atoms in total. The van der Waals surface area contributed by atoms with E-state index >= 15 is 0 Å². The van der Waals surface area contributed by atoms with E-state index in [4.69, 9.17) is 4.74 Å². The van der Waals surface area contributed by atoms with Crippen molar-refractivity contribution >= 4 is 45.0 Å². The molecule has 3 rings (SSSR count). The van der Waals surface area contributed by atoms with Crippen LogP contribution in [0.5, 0.6) is 0 Å². The van der Waals surface area contributed by atoms with Gasteiger partial charge in [-0.05, 0) is 41.9 Å². The fraction of sp³-hybridized carbons (Fsp3) is 0.455. The molecule has 1 amide bonds. The molecule has 0 radical (unpaired) electrons. The van der Waals surface area contributed by atoms with E-state index in [2.05, 4.69) is 4.72 Å². The van der Waals surface area contributed by atoms with E-state index in [9.17, 15) is 18.0 Å². The third-order valence-corrected chi connectivity index (χ3v) is 9.11. The highest BCUT2D eigenvalue weighted by atomic mass is 32.2. The maximum absolute atomic E-state index is 12.9. The molecule has 174 valence electrons. The van der Waals surface area contributed by atoms with Crippen molar-refractivity contribution in [2.75, 3.05) is 26.5 Å². The fourth-order valence-corrected chi connectivity index (χ4v) is 7.03. The van der Waals surface area contributed by atoms with Crippen LogP contribution in [0.15, 0.2) is 33.4 Å². The minimum Gasteiger partial charge on any atom is -0.465 e. The van der Waals surface area contributed by atoms with Crippen molar-refractivity contribution in [2.24, 2.45) is 5.92 Å². The summed E-state index contributed by atoms with van der Waals surface area (Å²) in [6.07, 6.45) is 2.69. The normalized spacial score (nSPS) is 13.8. The third kappa shape index (κ3) is 5.54. The highest BCUT2D eigenvalue weighted by Crippen LogP contribution is 2.36. The van der Waals surface area contributed by atoms with E-state index in [1.807, 2.05) is 44.4 Å². The minimum absolute atomic E-state index is 0.0251. The average molecular weight is 497 g/mol. The van der Waals surface area contributed by atoms with Crippen LogP contribution in [0.1, 0.15) is 40.2 Å². The molecule has 1 aromatic heterocycles. The zero-order valence-corrected chi connectivity index (χ0v) is 21.1. The number of carbonyl (C=O) groups excluding carboxylic acids is 2. The van der Waals surface area contributed by atoms with Crippen molar-refractivity contribution in [1.29, 1.82) is 0 Å². The van der Waals surface area contributed by atoms with Gasteiger partial charge >= 0.3 is 5.97 Å². The number of rotatable bonds is 8. The lowest BCUT2D eigenvalue weighted by Crippen LogP contribution is -2.36. The molecule has 0 spiro atoms. The monoisotopic (exact) mass is 496 g/mol. The van der Waals surface area contributed by atoms with Crippen molar-refractivity contribution in [3.05, 3.63) is 45.8 Å². The summed E-state index contributed by atoms with van der Waals surface area (Å²) in [5.74, 6) is -0.567. The first-order valence-corrected chi connectivity index (χ1v) is 13.8. The van der Waals surface area contributed by atoms with Gasteiger partial charge in [0.25, 0.3) is 10.0 Å². The van der Waals surface area contributed by atoms with Gasteiger partial charge in [0.15, 0.2) is 0 Å². The molecular formula is C22H28N2O5S3. The lowest BCUT2D eigenvalue weighted by molar-refractivity contribution is -0.131. The van der Waals surface area contributed by atoms with E-state index in [0.717, 1.165) is 21.8 Å². The number of thiophene rings is 1. The highest BCUT2D eigenvalue weighted by molar-refractivity contribution is 7.98. The second kappa shape index (κ2) is 10.4. The first-order valence-electron chi connectivity index (χ1n) is 10.3. The Labute approximate surface area is 197 Å². The van der Waals surface area contributed by atoms with Crippen LogP contribution < -0.4 is 4.72 Å². The Morgan fingerprint density at radius 2 is 1.94 bits per heavy atom. The molecule has 32 heavy (non-hydrogen) atoms. The highest BCUT2D eigenvalue weighted by Gasteiger charge is 2.34. The second-order valence-electron chi connectivity index (χ2n) is 7.99. The van der Waals surface area contributed by atoms with Crippen LogP contribution in [0.2, 0.25) is 0 Å². The Morgan fingerprint density at radius 1 is 1.25 bits per heavy atom. The Kier molecular flexibility index (Phi) is 8.02. The summed E-state index contributed by atoms with van der Waals surface area (Å²) in [5.41, 5.74) is 1.70. The lowest BCUT2D eigenvalue weighted by atomic mass is 10.0. The fourth-order valence-electron chi connectivity index (χ4n) is 3.46. The number of nitrogens with zero attached hydrogens (tertiary/aromatic N) is 1. The number of hydrogen-bond donors (Lipinski definition) is 1. The molecule has 2 aromatic rings. The molecule has 0 aliphatic carbocycles. The van der Waals surface area contributed by atoms with Gasteiger partial charge in [-0.15, -0.1) is 23.1 Å².